The molecule has 3 heteroatoms. The summed E-state index contributed by atoms with van der Waals surface area (Å²) >= 11 is 0. The van der Waals surface area contributed by atoms with E-state index in [0.29, 0.717) is 5.30 Å². The van der Waals surface area contributed by atoms with E-state index in [-0.39, 0.29) is 5.75 Å². The van der Waals surface area contributed by atoms with E-state index in [1.807, 2.05) is 0 Å². The Kier molecular flexibility index (Phi) is 2.03. The highest BCUT2D eigenvalue weighted by Gasteiger charge is 2.01. The first-order valence-corrected chi connectivity index (χ1v) is 4.61. The van der Waals surface area contributed by atoms with Crippen LogP contribution in [0.4, 0.5) is 0 Å². The summed E-state index contributed by atoms with van der Waals surface area (Å²) < 4.78 is 10.9. The zero-order valence-corrected chi connectivity index (χ0v) is 6.51. The zero-order chi connectivity index (χ0) is 7.56. The van der Waals surface area contributed by atoms with Gasteiger partial charge in [0.25, 0.3) is 0 Å². The van der Waals surface area contributed by atoms with Crippen LogP contribution in [0.1, 0.15) is 0 Å². The third-order valence-electron chi connectivity index (χ3n) is 1.22. The lowest BCUT2D eigenvalue weighted by Gasteiger charge is -1.96. The van der Waals surface area contributed by atoms with E-state index < -0.39 is 7.80 Å². The van der Waals surface area contributed by atoms with Gasteiger partial charge in [-0.25, -0.2) is 0 Å². The van der Waals surface area contributed by atoms with Crippen LogP contribution in [0.3, 0.4) is 0 Å². The summed E-state index contributed by atoms with van der Waals surface area (Å²) in [4.78, 5) is 0. The number of hydrogen-bond acceptors (Lipinski definition) is 2. The molecule has 0 spiro atoms. The molecule has 0 aliphatic heterocycles. The molecular formula is C7H8O2P. The second-order valence-corrected chi connectivity index (χ2v) is 3.46. The maximum absolute atomic E-state index is 10.9. The Morgan fingerprint density at radius 3 is 2.40 bits per heavy atom. The third-order valence-corrected chi connectivity index (χ3v) is 2.28. The summed E-state index contributed by atoms with van der Waals surface area (Å²) in [5.74, 6) is 0.117. The van der Waals surface area contributed by atoms with E-state index in [9.17, 15) is 4.57 Å². The van der Waals surface area contributed by atoms with Crippen LogP contribution < -0.4 is 5.30 Å². The summed E-state index contributed by atoms with van der Waals surface area (Å²) in [5.41, 5.74) is 0. The first kappa shape index (κ1) is 7.23. The zero-order valence-electron chi connectivity index (χ0n) is 5.61. The van der Waals surface area contributed by atoms with Gasteiger partial charge >= 0.3 is 0 Å². The fourth-order valence-corrected chi connectivity index (χ4v) is 1.42. The number of hydrogen-bond donors (Lipinski definition) is 1. The van der Waals surface area contributed by atoms with E-state index in [2.05, 4.69) is 0 Å². The Hall–Kier alpha value is -0.880. The lowest BCUT2D eigenvalue weighted by atomic mass is 10.3. The summed E-state index contributed by atoms with van der Waals surface area (Å²) in [6, 6.07) is 6.66. The Balaban J connectivity index is 3.15. The van der Waals surface area contributed by atoms with Gasteiger partial charge in [-0.15, -0.1) is 0 Å². The Morgan fingerprint density at radius 2 is 2.00 bits per heavy atom. The average molecular weight is 155 g/mol. The quantitative estimate of drug-likeness (QED) is 0.623. The van der Waals surface area contributed by atoms with Gasteiger partial charge in [0.05, 0.1) is 5.30 Å². The van der Waals surface area contributed by atoms with Gasteiger partial charge in [0.1, 0.15) is 13.6 Å². The van der Waals surface area contributed by atoms with E-state index in [1.54, 1.807) is 24.9 Å². The van der Waals surface area contributed by atoms with Gasteiger partial charge in [-0.3, -0.25) is 4.57 Å². The van der Waals surface area contributed by atoms with Crippen LogP contribution in [-0.2, 0) is 4.57 Å². The lowest BCUT2D eigenvalue weighted by molar-refractivity contribution is 0.479. The third kappa shape index (κ3) is 1.34. The van der Waals surface area contributed by atoms with Crippen molar-refractivity contribution in [2.45, 2.75) is 0 Å². The Bertz CT molecular complexity index is 258. The molecule has 0 amide bonds. The second-order valence-electron chi connectivity index (χ2n) is 1.99. The van der Waals surface area contributed by atoms with Crippen molar-refractivity contribution in [3.8, 4) is 5.75 Å². The van der Waals surface area contributed by atoms with Crippen LogP contribution in [0, 0.1) is 0 Å². The standard InChI is InChI=1S/C7H8O2P/c1-10(9)7-5-3-2-4-6(7)8/h2-5,8H,1H3. The number of phenols is 1. The highest BCUT2D eigenvalue weighted by Crippen LogP contribution is 2.19. The molecule has 0 aromatic heterocycles. The first-order chi connectivity index (χ1) is 4.72. The van der Waals surface area contributed by atoms with Crippen molar-refractivity contribution in [3.05, 3.63) is 24.3 Å². The fraction of sp³-hybridized carbons (Fsp3) is 0.143. The molecule has 2 nitrogen and oxygen atoms in total. The molecule has 1 N–H and O–H groups in total. The van der Waals surface area contributed by atoms with Gasteiger partial charge in [-0.1, -0.05) is 12.1 Å². The Morgan fingerprint density at radius 1 is 1.40 bits per heavy atom. The molecule has 10 heavy (non-hydrogen) atoms. The molecule has 1 atom stereocenters. The van der Waals surface area contributed by atoms with Crippen molar-refractivity contribution in [1.29, 1.82) is 0 Å². The van der Waals surface area contributed by atoms with Crippen molar-refractivity contribution < 1.29 is 9.67 Å². The number of rotatable bonds is 1. The molecule has 0 heterocycles. The molecule has 0 bridgehead atoms. The van der Waals surface area contributed by atoms with Gasteiger partial charge in [0.2, 0.25) is 0 Å². The van der Waals surface area contributed by atoms with Crippen molar-refractivity contribution >= 4 is 13.1 Å². The highest BCUT2D eigenvalue weighted by atomic mass is 31.1. The molecular weight excluding hydrogens is 147 g/mol. The lowest BCUT2D eigenvalue weighted by Crippen LogP contribution is -1.93. The first-order valence-electron chi connectivity index (χ1n) is 2.90. The maximum Gasteiger partial charge on any atom is 0.129 e. The minimum Gasteiger partial charge on any atom is -0.507 e. The van der Waals surface area contributed by atoms with Crippen LogP contribution in [0.25, 0.3) is 0 Å². The van der Waals surface area contributed by atoms with Gasteiger partial charge in [-0.2, -0.15) is 0 Å². The van der Waals surface area contributed by atoms with Gasteiger partial charge in [0.15, 0.2) is 0 Å². The largest absolute Gasteiger partial charge is 0.507 e. The molecule has 0 aliphatic carbocycles. The molecule has 1 aromatic carbocycles. The minimum absolute atomic E-state index is 0.117. The molecule has 0 fully saturated rings. The van der Waals surface area contributed by atoms with E-state index in [4.69, 9.17) is 5.11 Å². The van der Waals surface area contributed by atoms with Crippen LogP contribution in [-0.4, -0.2) is 11.8 Å². The maximum atomic E-state index is 10.9. The fourth-order valence-electron chi connectivity index (χ4n) is 0.730. The summed E-state index contributed by atoms with van der Waals surface area (Å²) in [7, 11) is -1.42. The van der Waals surface area contributed by atoms with E-state index in [1.165, 1.54) is 6.07 Å². The normalized spacial score (nSPS) is 11.1. The van der Waals surface area contributed by atoms with Crippen molar-refractivity contribution in [1.82, 2.24) is 0 Å². The number of benzene rings is 1. The minimum atomic E-state index is -1.42. The molecule has 1 rings (SSSR count). The predicted octanol–water partition coefficient (Wildman–Crippen LogP) is 1.47. The van der Waals surface area contributed by atoms with Crippen LogP contribution >= 0.6 is 7.80 Å². The molecule has 53 valence electrons. The Labute approximate surface area is 60.3 Å². The highest BCUT2D eigenvalue weighted by molar-refractivity contribution is 7.52. The average Bonchev–Trinajstić information content (AvgIpc) is 1.88. The van der Waals surface area contributed by atoms with Gasteiger partial charge < -0.3 is 5.11 Å². The molecule has 1 radical (unpaired) electrons. The van der Waals surface area contributed by atoms with Gasteiger partial charge in [-0.05, 0) is 12.1 Å². The smallest absolute Gasteiger partial charge is 0.129 e. The van der Waals surface area contributed by atoms with Crippen molar-refractivity contribution in [2.75, 3.05) is 6.66 Å². The summed E-state index contributed by atoms with van der Waals surface area (Å²) in [6.07, 6.45) is 0. The summed E-state index contributed by atoms with van der Waals surface area (Å²) in [6.45, 7) is 1.57. The van der Waals surface area contributed by atoms with Crippen LogP contribution in [0.2, 0.25) is 0 Å². The molecule has 0 saturated heterocycles. The predicted molar refractivity (Wildman–Crippen MR) is 41.3 cm³/mol. The SMILES string of the molecule is C[P](=O)c1ccccc1O. The van der Waals surface area contributed by atoms with Crippen LogP contribution in [0.5, 0.6) is 5.75 Å². The van der Waals surface area contributed by atoms with E-state index in [0.717, 1.165) is 0 Å². The molecule has 0 aliphatic rings. The molecule has 1 unspecified atom stereocenters. The molecule has 0 saturated carbocycles. The monoisotopic (exact) mass is 155 g/mol. The summed E-state index contributed by atoms with van der Waals surface area (Å²) in [5, 5.41) is 9.62. The number of para-hydroxylation sites is 1. The van der Waals surface area contributed by atoms with Crippen molar-refractivity contribution in [2.24, 2.45) is 0 Å². The number of aromatic hydroxyl groups is 1. The second kappa shape index (κ2) is 2.80. The van der Waals surface area contributed by atoms with Gasteiger partial charge in [0, 0.05) is 6.66 Å². The number of phenolic OH excluding ortho intramolecular Hbond substituents is 1. The van der Waals surface area contributed by atoms with Crippen LogP contribution in [0.15, 0.2) is 24.3 Å². The topological polar surface area (TPSA) is 37.3 Å². The van der Waals surface area contributed by atoms with Crippen molar-refractivity contribution in [3.63, 3.8) is 0 Å². The molecule has 1 aromatic rings. The van der Waals surface area contributed by atoms with E-state index >= 15 is 0 Å².